The summed E-state index contributed by atoms with van der Waals surface area (Å²) in [6.07, 6.45) is 0. The Morgan fingerprint density at radius 3 is 2.45 bits per heavy atom. The van der Waals surface area contributed by atoms with Crippen LogP contribution in [0.3, 0.4) is 0 Å². The normalized spacial score (nSPS) is 12.4. The fourth-order valence-corrected chi connectivity index (χ4v) is 3.55. The van der Waals surface area contributed by atoms with Crippen LogP contribution in [0.5, 0.6) is 0 Å². The molecule has 0 aliphatic heterocycles. The zero-order valence-electron chi connectivity index (χ0n) is 11.5. The summed E-state index contributed by atoms with van der Waals surface area (Å²) in [5, 5.41) is 4.81. The molecule has 0 aliphatic rings. The van der Waals surface area contributed by atoms with Crippen LogP contribution in [0.2, 0.25) is 10.0 Å². The lowest BCUT2D eigenvalue weighted by atomic mass is 10.1. The maximum atomic E-state index is 6.19. The molecule has 2 rings (SSSR count). The van der Waals surface area contributed by atoms with Crippen LogP contribution in [0.1, 0.15) is 17.2 Å². The minimum Gasteiger partial charge on any atom is -0.312 e. The smallest absolute Gasteiger partial charge is 0.0542 e. The second-order valence-electron chi connectivity index (χ2n) is 4.64. The highest BCUT2D eigenvalue weighted by molar-refractivity contribution is 7.99. The predicted octanol–water partition coefficient (Wildman–Crippen LogP) is 5.35. The van der Waals surface area contributed by atoms with E-state index in [0.29, 0.717) is 5.02 Å². The first-order valence-corrected chi connectivity index (χ1v) is 8.16. The number of hydrogen-bond donors (Lipinski definition) is 1. The molecular weight excluding hydrogens is 309 g/mol. The largest absolute Gasteiger partial charge is 0.312 e. The number of benzene rings is 2. The van der Waals surface area contributed by atoms with E-state index in [4.69, 9.17) is 23.2 Å². The molecule has 0 saturated carbocycles. The van der Waals surface area contributed by atoms with Gasteiger partial charge in [-0.05, 0) is 37.7 Å². The summed E-state index contributed by atoms with van der Waals surface area (Å²) in [4.78, 5) is 1.02. The molecule has 1 atom stereocenters. The van der Waals surface area contributed by atoms with Gasteiger partial charge in [-0.25, -0.2) is 0 Å². The number of rotatable bonds is 5. The van der Waals surface area contributed by atoms with Crippen molar-refractivity contribution in [1.82, 2.24) is 5.32 Å². The standard InChI is InChI=1S/C16H17Cl2NS/c1-11-3-5-12(6-4-11)15(19-2)10-20-16-9-13(17)7-8-14(16)18/h3-9,15,19H,10H2,1-2H3. The second-order valence-corrected chi connectivity index (χ2v) is 6.54. The highest BCUT2D eigenvalue weighted by atomic mass is 35.5. The van der Waals surface area contributed by atoms with E-state index in [9.17, 15) is 0 Å². The van der Waals surface area contributed by atoms with Gasteiger partial charge >= 0.3 is 0 Å². The Kier molecular flexibility index (Phi) is 5.79. The lowest BCUT2D eigenvalue weighted by Gasteiger charge is -2.17. The fraction of sp³-hybridized carbons (Fsp3) is 0.250. The van der Waals surface area contributed by atoms with Crippen LogP contribution in [0.15, 0.2) is 47.4 Å². The predicted molar refractivity (Wildman–Crippen MR) is 90.2 cm³/mol. The minimum absolute atomic E-state index is 0.288. The van der Waals surface area contributed by atoms with E-state index in [1.165, 1.54) is 11.1 Å². The zero-order chi connectivity index (χ0) is 14.5. The maximum Gasteiger partial charge on any atom is 0.0542 e. The van der Waals surface area contributed by atoms with Crippen LogP contribution in [0.25, 0.3) is 0 Å². The lowest BCUT2D eigenvalue weighted by molar-refractivity contribution is 0.661. The van der Waals surface area contributed by atoms with Crippen molar-refractivity contribution in [1.29, 1.82) is 0 Å². The number of thioether (sulfide) groups is 1. The number of halogens is 2. The van der Waals surface area contributed by atoms with Gasteiger partial charge in [-0.2, -0.15) is 0 Å². The van der Waals surface area contributed by atoms with Gasteiger partial charge in [0.25, 0.3) is 0 Å². The van der Waals surface area contributed by atoms with E-state index in [2.05, 4.69) is 36.5 Å². The summed E-state index contributed by atoms with van der Waals surface area (Å²) in [6.45, 7) is 2.10. The summed E-state index contributed by atoms with van der Waals surface area (Å²) in [6, 6.07) is 14.4. The molecule has 2 aromatic carbocycles. The maximum absolute atomic E-state index is 6.19. The molecule has 0 spiro atoms. The van der Waals surface area contributed by atoms with Gasteiger partial charge in [-0.1, -0.05) is 53.0 Å². The monoisotopic (exact) mass is 325 g/mol. The average Bonchev–Trinajstić information content (AvgIpc) is 2.45. The minimum atomic E-state index is 0.288. The topological polar surface area (TPSA) is 12.0 Å². The number of aryl methyl sites for hydroxylation is 1. The molecule has 0 amide bonds. The molecule has 0 radical (unpaired) electrons. The Morgan fingerprint density at radius 2 is 1.80 bits per heavy atom. The highest BCUT2D eigenvalue weighted by Crippen LogP contribution is 2.32. The van der Waals surface area contributed by atoms with E-state index in [0.717, 1.165) is 15.7 Å². The van der Waals surface area contributed by atoms with Crippen molar-refractivity contribution in [2.24, 2.45) is 0 Å². The van der Waals surface area contributed by atoms with Crippen molar-refractivity contribution in [2.75, 3.05) is 12.8 Å². The third kappa shape index (κ3) is 4.16. The van der Waals surface area contributed by atoms with Crippen LogP contribution >= 0.6 is 35.0 Å². The lowest BCUT2D eigenvalue weighted by Crippen LogP contribution is -2.18. The molecular formula is C16H17Cl2NS. The molecule has 1 nitrogen and oxygen atoms in total. The van der Waals surface area contributed by atoms with Crippen molar-refractivity contribution >= 4 is 35.0 Å². The van der Waals surface area contributed by atoms with Gasteiger partial charge in [0.1, 0.15) is 0 Å². The van der Waals surface area contributed by atoms with Gasteiger partial charge in [0.15, 0.2) is 0 Å². The summed E-state index contributed by atoms with van der Waals surface area (Å²) in [5.41, 5.74) is 2.55. The van der Waals surface area contributed by atoms with Gasteiger partial charge in [0.2, 0.25) is 0 Å². The number of hydrogen-bond acceptors (Lipinski definition) is 2. The molecule has 1 unspecified atom stereocenters. The Labute approximate surface area is 134 Å². The molecule has 0 heterocycles. The molecule has 106 valence electrons. The van der Waals surface area contributed by atoms with Crippen LogP contribution in [0, 0.1) is 6.92 Å². The van der Waals surface area contributed by atoms with Crippen molar-refractivity contribution in [3.05, 3.63) is 63.6 Å². The van der Waals surface area contributed by atoms with E-state index in [1.54, 1.807) is 11.8 Å². The molecule has 0 bridgehead atoms. The van der Waals surface area contributed by atoms with Crippen LogP contribution < -0.4 is 5.32 Å². The summed E-state index contributed by atoms with van der Waals surface area (Å²) >= 11 is 13.9. The Morgan fingerprint density at radius 1 is 1.10 bits per heavy atom. The third-order valence-electron chi connectivity index (χ3n) is 3.13. The van der Waals surface area contributed by atoms with Gasteiger partial charge in [-0.15, -0.1) is 11.8 Å². The van der Waals surface area contributed by atoms with Crippen LogP contribution in [0.4, 0.5) is 0 Å². The van der Waals surface area contributed by atoms with Crippen molar-refractivity contribution in [3.8, 4) is 0 Å². The summed E-state index contributed by atoms with van der Waals surface area (Å²) in [5.74, 6) is 0.902. The third-order valence-corrected chi connectivity index (χ3v) is 4.95. The van der Waals surface area contributed by atoms with E-state index in [-0.39, 0.29) is 6.04 Å². The van der Waals surface area contributed by atoms with Gasteiger partial charge in [-0.3, -0.25) is 0 Å². The van der Waals surface area contributed by atoms with Gasteiger partial charge in [0.05, 0.1) is 5.02 Å². The zero-order valence-corrected chi connectivity index (χ0v) is 13.8. The first-order valence-electron chi connectivity index (χ1n) is 6.42. The first-order chi connectivity index (χ1) is 9.60. The molecule has 0 aliphatic carbocycles. The van der Waals surface area contributed by atoms with E-state index in [1.807, 2.05) is 25.2 Å². The number of nitrogens with one attached hydrogen (secondary N) is 1. The summed E-state index contributed by atoms with van der Waals surface area (Å²) < 4.78 is 0. The molecule has 1 N–H and O–H groups in total. The highest BCUT2D eigenvalue weighted by Gasteiger charge is 2.11. The Hall–Kier alpha value is -0.670. The quantitative estimate of drug-likeness (QED) is 0.743. The SMILES string of the molecule is CNC(CSc1cc(Cl)ccc1Cl)c1ccc(C)cc1. The molecule has 0 aromatic heterocycles. The fourth-order valence-electron chi connectivity index (χ4n) is 1.91. The Bertz CT molecular complexity index is 569. The molecule has 4 heteroatoms. The summed E-state index contributed by atoms with van der Waals surface area (Å²) in [7, 11) is 1.98. The molecule has 20 heavy (non-hydrogen) atoms. The van der Waals surface area contributed by atoms with Crippen molar-refractivity contribution in [3.63, 3.8) is 0 Å². The van der Waals surface area contributed by atoms with E-state index >= 15 is 0 Å². The van der Waals surface area contributed by atoms with Gasteiger partial charge < -0.3 is 5.32 Å². The van der Waals surface area contributed by atoms with Crippen molar-refractivity contribution in [2.45, 2.75) is 17.9 Å². The van der Waals surface area contributed by atoms with E-state index < -0.39 is 0 Å². The van der Waals surface area contributed by atoms with Crippen LogP contribution in [-0.2, 0) is 0 Å². The molecule has 0 saturated heterocycles. The Balaban J connectivity index is 2.07. The van der Waals surface area contributed by atoms with Gasteiger partial charge in [0, 0.05) is 21.7 Å². The van der Waals surface area contributed by atoms with Crippen molar-refractivity contribution < 1.29 is 0 Å². The van der Waals surface area contributed by atoms with Crippen LogP contribution in [-0.4, -0.2) is 12.8 Å². The molecule has 0 fully saturated rings. The second kappa shape index (κ2) is 7.37. The molecule has 2 aromatic rings. The average molecular weight is 326 g/mol. The first kappa shape index (κ1) is 15.7.